The van der Waals surface area contributed by atoms with Gasteiger partial charge in [-0.25, -0.2) is 17.2 Å². The number of anilines is 1. The first-order chi connectivity index (χ1) is 14.2. The lowest BCUT2D eigenvalue weighted by Crippen LogP contribution is -2.34. The van der Waals surface area contributed by atoms with Crippen molar-refractivity contribution in [3.63, 3.8) is 0 Å². The van der Waals surface area contributed by atoms with Crippen molar-refractivity contribution in [2.75, 3.05) is 17.8 Å². The van der Waals surface area contributed by atoms with Crippen LogP contribution in [0.25, 0.3) is 10.9 Å². The molecule has 0 aliphatic carbocycles. The molecule has 0 unspecified atom stereocenters. The van der Waals surface area contributed by atoms with E-state index in [1.807, 2.05) is 4.72 Å². The zero-order chi connectivity index (χ0) is 22.1. The molecular weight excluding hydrogens is 416 g/mol. The van der Waals surface area contributed by atoms with E-state index in [9.17, 15) is 26.8 Å². The Morgan fingerprint density at radius 1 is 1.10 bits per heavy atom. The van der Waals surface area contributed by atoms with Crippen molar-refractivity contribution in [3.8, 4) is 0 Å². The van der Waals surface area contributed by atoms with Crippen molar-refractivity contribution in [2.24, 2.45) is 0 Å². The average molecular weight is 435 g/mol. The number of amides is 1. The standard InChI is InChI=1S/C20H19F2N3O4S/c1-3-25(4-2)20(27)15-11-23-17-8-6-13(10-14(17)19(15)26)30(28,29)24-18-7-5-12(21)9-16(18)22/h5-11,24H,3-4H2,1-2H3,(H,23,26). The molecule has 30 heavy (non-hydrogen) atoms. The highest BCUT2D eigenvalue weighted by molar-refractivity contribution is 7.92. The van der Waals surface area contributed by atoms with Crippen LogP contribution in [0.4, 0.5) is 14.5 Å². The smallest absolute Gasteiger partial charge is 0.262 e. The van der Waals surface area contributed by atoms with Gasteiger partial charge in [0.15, 0.2) is 0 Å². The summed E-state index contributed by atoms with van der Waals surface area (Å²) in [5.41, 5.74) is -0.831. The van der Waals surface area contributed by atoms with Crippen LogP contribution in [0.3, 0.4) is 0 Å². The maximum absolute atomic E-state index is 13.8. The number of aromatic nitrogens is 1. The summed E-state index contributed by atoms with van der Waals surface area (Å²) < 4.78 is 54.2. The van der Waals surface area contributed by atoms with Crippen LogP contribution >= 0.6 is 0 Å². The Bertz CT molecular complexity index is 1280. The van der Waals surface area contributed by atoms with Gasteiger partial charge >= 0.3 is 0 Å². The number of H-pyrrole nitrogens is 1. The molecule has 0 saturated heterocycles. The van der Waals surface area contributed by atoms with E-state index < -0.39 is 38.7 Å². The molecule has 2 aromatic carbocycles. The van der Waals surface area contributed by atoms with Crippen molar-refractivity contribution in [3.05, 3.63) is 70.0 Å². The third-order valence-corrected chi connectivity index (χ3v) is 5.98. The Morgan fingerprint density at radius 3 is 2.43 bits per heavy atom. The van der Waals surface area contributed by atoms with Gasteiger partial charge in [-0.05, 0) is 44.2 Å². The van der Waals surface area contributed by atoms with Gasteiger partial charge in [-0.2, -0.15) is 0 Å². The highest BCUT2D eigenvalue weighted by atomic mass is 32.2. The molecule has 0 atom stereocenters. The molecule has 0 bridgehead atoms. The minimum absolute atomic E-state index is 0.00420. The van der Waals surface area contributed by atoms with Gasteiger partial charge in [0.05, 0.1) is 10.6 Å². The molecule has 0 radical (unpaired) electrons. The molecule has 10 heteroatoms. The lowest BCUT2D eigenvalue weighted by Gasteiger charge is -2.18. The maximum atomic E-state index is 13.8. The number of rotatable bonds is 6. The normalized spacial score (nSPS) is 11.5. The van der Waals surface area contributed by atoms with Crippen LogP contribution in [-0.4, -0.2) is 37.3 Å². The number of aromatic amines is 1. The van der Waals surface area contributed by atoms with Gasteiger partial charge in [0.2, 0.25) is 5.43 Å². The quantitative estimate of drug-likeness (QED) is 0.622. The van der Waals surface area contributed by atoms with Crippen molar-refractivity contribution >= 4 is 32.5 Å². The zero-order valence-electron chi connectivity index (χ0n) is 16.2. The third-order valence-electron chi connectivity index (χ3n) is 4.62. The zero-order valence-corrected chi connectivity index (χ0v) is 17.0. The summed E-state index contributed by atoms with van der Waals surface area (Å²) in [5, 5.41) is -0.00420. The van der Waals surface area contributed by atoms with Crippen molar-refractivity contribution in [1.82, 2.24) is 9.88 Å². The fraction of sp³-hybridized carbons (Fsp3) is 0.200. The number of hydrogen-bond acceptors (Lipinski definition) is 4. The monoisotopic (exact) mass is 435 g/mol. The topological polar surface area (TPSA) is 99.3 Å². The largest absolute Gasteiger partial charge is 0.360 e. The number of fused-ring (bicyclic) bond motifs is 1. The Hall–Kier alpha value is -3.27. The van der Waals surface area contributed by atoms with Gasteiger partial charge in [-0.3, -0.25) is 14.3 Å². The van der Waals surface area contributed by atoms with Crippen LogP contribution in [-0.2, 0) is 10.0 Å². The molecule has 1 aromatic heterocycles. The summed E-state index contributed by atoms with van der Waals surface area (Å²) in [6.07, 6.45) is 1.30. The number of carbonyl (C=O) groups excluding carboxylic acids is 1. The van der Waals surface area contributed by atoms with Crippen molar-refractivity contribution in [2.45, 2.75) is 18.7 Å². The van der Waals surface area contributed by atoms with E-state index >= 15 is 0 Å². The third kappa shape index (κ3) is 4.04. The number of carbonyl (C=O) groups is 1. The van der Waals surface area contributed by atoms with Crippen LogP contribution < -0.4 is 10.2 Å². The van der Waals surface area contributed by atoms with E-state index in [0.29, 0.717) is 24.7 Å². The Morgan fingerprint density at radius 2 is 1.80 bits per heavy atom. The molecule has 7 nitrogen and oxygen atoms in total. The van der Waals surface area contributed by atoms with Crippen molar-refractivity contribution in [1.29, 1.82) is 0 Å². The molecule has 0 aliphatic heterocycles. The Balaban J connectivity index is 2.06. The summed E-state index contributed by atoms with van der Waals surface area (Å²) >= 11 is 0. The molecule has 3 rings (SSSR count). The van der Waals surface area contributed by atoms with Crippen molar-refractivity contribution < 1.29 is 22.0 Å². The summed E-state index contributed by atoms with van der Waals surface area (Å²) in [6.45, 7) is 4.38. The summed E-state index contributed by atoms with van der Waals surface area (Å²) in [7, 11) is -4.28. The van der Waals surface area contributed by atoms with Gasteiger partial charge in [0, 0.05) is 36.3 Å². The second-order valence-corrected chi connectivity index (χ2v) is 8.13. The van der Waals surface area contributed by atoms with Crippen LogP contribution in [0, 0.1) is 11.6 Å². The first-order valence-electron chi connectivity index (χ1n) is 9.10. The van der Waals surface area contributed by atoms with Crippen LogP contribution in [0.15, 0.2) is 52.3 Å². The minimum Gasteiger partial charge on any atom is -0.360 e. The Labute approximate surface area is 171 Å². The second kappa shape index (κ2) is 8.23. The molecule has 0 saturated carbocycles. The lowest BCUT2D eigenvalue weighted by molar-refractivity contribution is 0.0771. The van der Waals surface area contributed by atoms with Gasteiger partial charge in [-0.15, -0.1) is 0 Å². The van der Waals surface area contributed by atoms with E-state index in [2.05, 4.69) is 4.98 Å². The number of nitrogens with one attached hydrogen (secondary N) is 2. The number of halogens is 2. The lowest BCUT2D eigenvalue weighted by atomic mass is 10.1. The fourth-order valence-corrected chi connectivity index (χ4v) is 4.07. The molecule has 2 N–H and O–H groups in total. The van der Waals surface area contributed by atoms with E-state index in [4.69, 9.17) is 0 Å². The number of nitrogens with zero attached hydrogens (tertiary/aromatic N) is 1. The molecule has 0 aliphatic rings. The van der Waals surface area contributed by atoms with Gasteiger partial charge in [-0.1, -0.05) is 0 Å². The first-order valence-corrected chi connectivity index (χ1v) is 10.6. The molecular formula is C20H19F2N3O4S. The SMILES string of the molecule is CCN(CC)C(=O)c1c[nH]c2ccc(S(=O)(=O)Nc3ccc(F)cc3F)cc2c1=O. The molecule has 3 aromatic rings. The Kier molecular flexibility index (Phi) is 5.88. The number of sulfonamides is 1. The molecule has 0 spiro atoms. The summed E-state index contributed by atoms with van der Waals surface area (Å²) in [5.74, 6) is -2.40. The van der Waals surface area contributed by atoms with E-state index in [0.717, 1.165) is 18.2 Å². The maximum Gasteiger partial charge on any atom is 0.262 e. The predicted octanol–water partition coefficient (Wildman–Crippen LogP) is 3.09. The average Bonchev–Trinajstić information content (AvgIpc) is 2.71. The van der Waals surface area contributed by atoms with E-state index in [1.165, 1.54) is 23.2 Å². The van der Waals surface area contributed by atoms with E-state index in [-0.39, 0.29) is 15.8 Å². The van der Waals surface area contributed by atoms with E-state index in [1.54, 1.807) is 13.8 Å². The fourth-order valence-electron chi connectivity index (χ4n) is 2.98. The predicted molar refractivity (Wildman–Crippen MR) is 109 cm³/mol. The second-order valence-electron chi connectivity index (χ2n) is 6.45. The highest BCUT2D eigenvalue weighted by Gasteiger charge is 2.21. The van der Waals surface area contributed by atoms with Crippen LogP contribution in [0.1, 0.15) is 24.2 Å². The van der Waals surface area contributed by atoms with Gasteiger partial charge < -0.3 is 9.88 Å². The van der Waals surface area contributed by atoms with Crippen LogP contribution in [0.2, 0.25) is 0 Å². The number of pyridine rings is 1. The number of benzene rings is 2. The highest BCUT2D eigenvalue weighted by Crippen LogP contribution is 2.22. The van der Waals surface area contributed by atoms with Crippen LogP contribution in [0.5, 0.6) is 0 Å². The first kappa shape index (κ1) is 21.4. The molecule has 0 fully saturated rings. The summed E-state index contributed by atoms with van der Waals surface area (Å²) in [6, 6.07) is 6.13. The molecule has 158 valence electrons. The summed E-state index contributed by atoms with van der Waals surface area (Å²) in [4.78, 5) is 29.4. The number of hydrogen-bond donors (Lipinski definition) is 2. The minimum atomic E-state index is -4.28. The van der Waals surface area contributed by atoms with Gasteiger partial charge in [0.25, 0.3) is 15.9 Å². The molecule has 1 heterocycles. The molecule has 1 amide bonds. The van der Waals surface area contributed by atoms with Gasteiger partial charge in [0.1, 0.15) is 17.2 Å².